The summed E-state index contributed by atoms with van der Waals surface area (Å²) in [4.78, 5) is 11.8. The van der Waals surface area contributed by atoms with Crippen molar-refractivity contribution < 1.29 is 22.9 Å². The van der Waals surface area contributed by atoms with Crippen LogP contribution in [-0.4, -0.2) is 24.0 Å². The lowest BCUT2D eigenvalue weighted by molar-refractivity contribution is -0.112. The lowest BCUT2D eigenvalue weighted by Crippen LogP contribution is -2.15. The molecule has 0 radical (unpaired) electrons. The number of anilines is 2. The molecule has 2 aromatic rings. The van der Waals surface area contributed by atoms with Gasteiger partial charge in [0.2, 0.25) is 0 Å². The van der Waals surface area contributed by atoms with E-state index < -0.39 is 16.0 Å². The zero-order valence-corrected chi connectivity index (χ0v) is 14.4. The van der Waals surface area contributed by atoms with Gasteiger partial charge in [-0.3, -0.25) is 9.35 Å². The van der Waals surface area contributed by atoms with Gasteiger partial charge in [0.1, 0.15) is 17.4 Å². The van der Waals surface area contributed by atoms with Crippen molar-refractivity contribution in [2.45, 2.75) is 11.8 Å². The summed E-state index contributed by atoms with van der Waals surface area (Å²) >= 11 is 0. The van der Waals surface area contributed by atoms with Gasteiger partial charge in [-0.05, 0) is 42.8 Å². The van der Waals surface area contributed by atoms with Gasteiger partial charge < -0.3 is 15.7 Å². The zero-order chi connectivity index (χ0) is 19.3. The SMILES string of the molecule is Cc1ccc(N/C=C(/C#N)C(=O)Nc2cccc(S(=O)(=O)O)c2)c(O)c1. The van der Waals surface area contributed by atoms with Gasteiger partial charge in [0.15, 0.2) is 0 Å². The number of carbonyl (C=O) groups excluding carboxylic acids is 1. The number of amides is 1. The Morgan fingerprint density at radius 3 is 2.58 bits per heavy atom. The average Bonchev–Trinajstić information content (AvgIpc) is 2.56. The van der Waals surface area contributed by atoms with Crippen LogP contribution in [0.1, 0.15) is 5.56 Å². The van der Waals surface area contributed by atoms with Crippen molar-refractivity contribution in [2.75, 3.05) is 10.6 Å². The van der Waals surface area contributed by atoms with Crippen LogP contribution in [0.4, 0.5) is 11.4 Å². The normalized spacial score (nSPS) is 11.5. The van der Waals surface area contributed by atoms with E-state index in [0.29, 0.717) is 5.69 Å². The summed E-state index contributed by atoms with van der Waals surface area (Å²) in [6, 6.07) is 11.5. The van der Waals surface area contributed by atoms with Gasteiger partial charge in [0.25, 0.3) is 16.0 Å². The van der Waals surface area contributed by atoms with Crippen LogP contribution in [0.5, 0.6) is 5.75 Å². The van der Waals surface area contributed by atoms with Gasteiger partial charge in [-0.1, -0.05) is 12.1 Å². The van der Waals surface area contributed by atoms with Crippen molar-refractivity contribution in [3.8, 4) is 11.8 Å². The first-order valence-electron chi connectivity index (χ1n) is 7.26. The fourth-order valence-corrected chi connectivity index (χ4v) is 2.52. The minimum atomic E-state index is -4.41. The number of phenolic OH excluding ortho intramolecular Hbond substituents is 1. The molecule has 9 heteroatoms. The lowest BCUT2D eigenvalue weighted by Gasteiger charge is -2.07. The number of nitrogens with zero attached hydrogens (tertiary/aromatic N) is 1. The molecule has 0 heterocycles. The highest BCUT2D eigenvalue weighted by Gasteiger charge is 2.13. The zero-order valence-electron chi connectivity index (χ0n) is 13.6. The largest absolute Gasteiger partial charge is 0.506 e. The quantitative estimate of drug-likeness (QED) is 0.273. The predicted molar refractivity (Wildman–Crippen MR) is 95.0 cm³/mol. The van der Waals surface area contributed by atoms with Crippen LogP contribution in [0.15, 0.2) is 59.1 Å². The summed E-state index contributed by atoms with van der Waals surface area (Å²) in [6.45, 7) is 1.80. The van der Waals surface area contributed by atoms with Crippen LogP contribution in [0.25, 0.3) is 0 Å². The Labute approximate surface area is 150 Å². The molecule has 0 atom stereocenters. The smallest absolute Gasteiger partial charge is 0.294 e. The van der Waals surface area contributed by atoms with Crippen molar-refractivity contribution in [3.05, 3.63) is 59.8 Å². The van der Waals surface area contributed by atoms with Crippen LogP contribution in [0.2, 0.25) is 0 Å². The van der Waals surface area contributed by atoms with Crippen molar-refractivity contribution >= 4 is 27.4 Å². The Bertz CT molecular complexity index is 1020. The number of hydrogen-bond donors (Lipinski definition) is 4. The molecule has 0 fully saturated rings. The molecule has 0 unspecified atom stereocenters. The molecule has 1 amide bonds. The molecule has 0 saturated heterocycles. The average molecular weight is 373 g/mol. The van der Waals surface area contributed by atoms with Gasteiger partial charge >= 0.3 is 0 Å². The van der Waals surface area contributed by atoms with E-state index >= 15 is 0 Å². The van der Waals surface area contributed by atoms with Crippen molar-refractivity contribution in [1.82, 2.24) is 0 Å². The predicted octanol–water partition coefficient (Wildman–Crippen LogP) is 2.41. The molecule has 134 valence electrons. The highest BCUT2D eigenvalue weighted by molar-refractivity contribution is 7.85. The van der Waals surface area contributed by atoms with E-state index in [4.69, 9.17) is 9.81 Å². The van der Waals surface area contributed by atoms with Crippen molar-refractivity contribution in [1.29, 1.82) is 5.26 Å². The Kier molecular flexibility index (Phi) is 5.61. The molecule has 8 nitrogen and oxygen atoms in total. The highest BCUT2D eigenvalue weighted by Crippen LogP contribution is 2.24. The molecule has 0 aliphatic heterocycles. The Hall–Kier alpha value is -3.35. The molecule has 26 heavy (non-hydrogen) atoms. The highest BCUT2D eigenvalue weighted by atomic mass is 32.2. The number of benzene rings is 2. The van der Waals surface area contributed by atoms with Crippen molar-refractivity contribution in [2.24, 2.45) is 0 Å². The van der Waals surface area contributed by atoms with E-state index in [-0.39, 0.29) is 21.9 Å². The first-order valence-corrected chi connectivity index (χ1v) is 8.70. The molecular weight excluding hydrogens is 358 g/mol. The summed E-state index contributed by atoms with van der Waals surface area (Å²) in [6.07, 6.45) is 1.12. The van der Waals surface area contributed by atoms with E-state index in [1.807, 2.05) is 0 Å². The molecule has 0 saturated carbocycles. The van der Waals surface area contributed by atoms with Crippen LogP contribution in [0.3, 0.4) is 0 Å². The molecule has 0 aliphatic rings. The van der Waals surface area contributed by atoms with Gasteiger partial charge in [0, 0.05) is 11.9 Å². The van der Waals surface area contributed by atoms with E-state index in [1.165, 1.54) is 18.2 Å². The van der Waals surface area contributed by atoms with E-state index in [0.717, 1.165) is 23.9 Å². The maximum atomic E-state index is 12.1. The number of hydrogen-bond acceptors (Lipinski definition) is 6. The van der Waals surface area contributed by atoms with E-state index in [1.54, 1.807) is 25.1 Å². The Morgan fingerprint density at radius 1 is 1.23 bits per heavy atom. The van der Waals surface area contributed by atoms with Crippen LogP contribution in [0, 0.1) is 18.3 Å². The molecule has 0 spiro atoms. The van der Waals surface area contributed by atoms with Crippen LogP contribution < -0.4 is 10.6 Å². The molecular formula is C17H15N3O5S. The summed E-state index contributed by atoms with van der Waals surface area (Å²) < 4.78 is 31.3. The maximum absolute atomic E-state index is 12.1. The second-order valence-electron chi connectivity index (χ2n) is 5.29. The number of phenols is 1. The number of aryl methyl sites for hydroxylation is 1. The minimum Gasteiger partial charge on any atom is -0.506 e. The van der Waals surface area contributed by atoms with E-state index in [9.17, 15) is 18.3 Å². The third-order valence-electron chi connectivity index (χ3n) is 3.28. The number of rotatable bonds is 5. The van der Waals surface area contributed by atoms with Gasteiger partial charge in [-0.15, -0.1) is 0 Å². The Morgan fingerprint density at radius 2 is 1.96 bits per heavy atom. The third-order valence-corrected chi connectivity index (χ3v) is 4.13. The molecule has 2 rings (SSSR count). The topological polar surface area (TPSA) is 140 Å². The molecule has 0 bridgehead atoms. The number of aromatic hydroxyl groups is 1. The monoisotopic (exact) mass is 373 g/mol. The van der Waals surface area contributed by atoms with Gasteiger partial charge in [0.05, 0.1) is 10.6 Å². The molecule has 0 aromatic heterocycles. The standard InChI is InChI=1S/C17H15N3O5S/c1-11-5-6-15(16(21)7-11)19-10-12(9-18)17(22)20-13-3-2-4-14(8-13)26(23,24)25/h2-8,10,19,21H,1H3,(H,20,22)(H,23,24,25)/b12-10-. The fraction of sp³-hybridized carbons (Fsp3) is 0.0588. The lowest BCUT2D eigenvalue weighted by atomic mass is 10.2. The molecule has 4 N–H and O–H groups in total. The minimum absolute atomic E-state index is 0.0419. The maximum Gasteiger partial charge on any atom is 0.294 e. The van der Waals surface area contributed by atoms with Crippen LogP contribution in [-0.2, 0) is 14.9 Å². The first kappa shape index (κ1) is 19.0. The Balaban J connectivity index is 2.17. The number of nitriles is 1. The van der Waals surface area contributed by atoms with Crippen molar-refractivity contribution in [3.63, 3.8) is 0 Å². The van der Waals surface area contributed by atoms with E-state index in [2.05, 4.69) is 10.6 Å². The summed E-state index contributed by atoms with van der Waals surface area (Å²) in [5.74, 6) is -0.834. The summed E-state index contributed by atoms with van der Waals surface area (Å²) in [5.41, 5.74) is 0.935. The molecule has 0 aliphatic carbocycles. The van der Waals surface area contributed by atoms with Gasteiger partial charge in [-0.25, -0.2) is 0 Å². The number of carbonyl (C=O) groups is 1. The second kappa shape index (κ2) is 7.69. The second-order valence-corrected chi connectivity index (χ2v) is 6.71. The summed E-state index contributed by atoms with van der Waals surface area (Å²) in [7, 11) is -4.41. The van der Waals surface area contributed by atoms with Gasteiger partial charge in [-0.2, -0.15) is 13.7 Å². The summed E-state index contributed by atoms with van der Waals surface area (Å²) in [5, 5.41) is 24.0. The first-order chi connectivity index (χ1) is 12.2. The third kappa shape index (κ3) is 4.83. The molecule has 2 aromatic carbocycles. The fourth-order valence-electron chi connectivity index (χ4n) is 1.99. The van der Waals surface area contributed by atoms with Crippen LogP contribution >= 0.6 is 0 Å². The number of nitrogens with one attached hydrogen (secondary N) is 2.